The minimum absolute atomic E-state index is 0.205. The zero-order chi connectivity index (χ0) is 9.56. The molecule has 0 saturated heterocycles. The fourth-order valence-corrected chi connectivity index (χ4v) is 0.603. The normalized spacial score (nSPS) is 13.1. The van der Waals surface area contributed by atoms with Crippen LogP contribution in [0.1, 0.15) is 13.8 Å². The average molecular weight is 175 g/mol. The number of hydrogen-bond acceptors (Lipinski definition) is 4. The predicted octanol–water partition coefficient (Wildman–Crippen LogP) is 0.159. The molecule has 0 aromatic carbocycles. The second kappa shape index (κ2) is 5.97. The van der Waals surface area contributed by atoms with Crippen molar-refractivity contribution >= 4 is 5.97 Å². The molecule has 72 valence electrons. The summed E-state index contributed by atoms with van der Waals surface area (Å²) in [5, 5.41) is 0. The van der Waals surface area contributed by atoms with Gasteiger partial charge in [-0.2, -0.15) is 0 Å². The number of carbonyl (C=O) groups is 1. The Kier molecular flexibility index (Phi) is 5.66. The van der Waals surface area contributed by atoms with Crippen LogP contribution < -0.4 is 5.73 Å². The molecule has 0 radical (unpaired) electrons. The lowest BCUT2D eigenvalue weighted by Gasteiger charge is -2.11. The monoisotopic (exact) mass is 175 g/mol. The lowest BCUT2D eigenvalue weighted by molar-refractivity contribution is -0.147. The first-order valence-electron chi connectivity index (χ1n) is 3.99. The minimum atomic E-state index is -0.659. The van der Waals surface area contributed by atoms with E-state index in [1.54, 1.807) is 0 Å². The van der Waals surface area contributed by atoms with Crippen molar-refractivity contribution in [2.45, 2.75) is 19.9 Å². The van der Waals surface area contributed by atoms with Crippen LogP contribution in [0.2, 0.25) is 0 Å². The molecule has 1 atom stereocenters. The van der Waals surface area contributed by atoms with E-state index >= 15 is 0 Å². The standard InChI is InChI=1S/C8H17NO3/c1-6(2)4-12-8(10)7(9)5-11-3/h6-7H,4-5,9H2,1-3H3. The first-order chi connectivity index (χ1) is 5.57. The summed E-state index contributed by atoms with van der Waals surface area (Å²) >= 11 is 0. The Balaban J connectivity index is 3.57. The SMILES string of the molecule is COCC(N)C(=O)OCC(C)C. The third-order valence-corrected chi connectivity index (χ3v) is 1.21. The molecule has 0 rings (SSSR count). The van der Waals surface area contributed by atoms with Gasteiger partial charge >= 0.3 is 5.97 Å². The number of nitrogens with two attached hydrogens (primary N) is 1. The number of esters is 1. The topological polar surface area (TPSA) is 61.5 Å². The molecule has 0 aliphatic carbocycles. The van der Waals surface area contributed by atoms with Crippen LogP contribution in [0, 0.1) is 5.92 Å². The van der Waals surface area contributed by atoms with E-state index in [1.807, 2.05) is 13.8 Å². The number of methoxy groups -OCH3 is 1. The molecule has 0 aromatic rings. The van der Waals surface area contributed by atoms with Crippen LogP contribution in [0.25, 0.3) is 0 Å². The summed E-state index contributed by atoms with van der Waals surface area (Å²) in [6.45, 7) is 4.55. The molecule has 0 fully saturated rings. The maximum Gasteiger partial charge on any atom is 0.325 e. The van der Waals surface area contributed by atoms with E-state index in [-0.39, 0.29) is 6.61 Å². The van der Waals surface area contributed by atoms with Gasteiger partial charge in [-0.15, -0.1) is 0 Å². The summed E-state index contributed by atoms with van der Waals surface area (Å²) in [5.41, 5.74) is 5.41. The highest BCUT2D eigenvalue weighted by Crippen LogP contribution is 1.94. The molecule has 0 aliphatic rings. The van der Waals surface area contributed by atoms with Crippen molar-refractivity contribution in [1.29, 1.82) is 0 Å². The van der Waals surface area contributed by atoms with Gasteiger partial charge < -0.3 is 15.2 Å². The van der Waals surface area contributed by atoms with Crippen molar-refractivity contribution in [3.8, 4) is 0 Å². The molecule has 2 N–H and O–H groups in total. The molecular formula is C8H17NO3. The molecule has 4 heteroatoms. The summed E-state index contributed by atoms with van der Waals surface area (Å²) < 4.78 is 9.58. The van der Waals surface area contributed by atoms with Crippen LogP contribution in [0.15, 0.2) is 0 Å². The van der Waals surface area contributed by atoms with Gasteiger partial charge in [-0.3, -0.25) is 4.79 Å². The van der Waals surface area contributed by atoms with Crippen molar-refractivity contribution in [1.82, 2.24) is 0 Å². The Bertz CT molecular complexity index is 136. The fourth-order valence-electron chi connectivity index (χ4n) is 0.603. The second-order valence-electron chi connectivity index (χ2n) is 3.09. The lowest BCUT2D eigenvalue weighted by Crippen LogP contribution is -2.36. The van der Waals surface area contributed by atoms with Gasteiger partial charge in [0.25, 0.3) is 0 Å². The molecule has 0 aromatic heterocycles. The number of rotatable bonds is 5. The molecule has 0 spiro atoms. The maximum atomic E-state index is 11.0. The fraction of sp³-hybridized carbons (Fsp3) is 0.875. The van der Waals surface area contributed by atoms with Crippen LogP contribution in [0.3, 0.4) is 0 Å². The first kappa shape index (κ1) is 11.4. The quantitative estimate of drug-likeness (QED) is 0.604. The summed E-state index contributed by atoms with van der Waals surface area (Å²) in [6.07, 6.45) is 0. The van der Waals surface area contributed by atoms with E-state index in [1.165, 1.54) is 7.11 Å². The molecule has 0 amide bonds. The van der Waals surface area contributed by atoms with Crippen LogP contribution in [0.5, 0.6) is 0 Å². The minimum Gasteiger partial charge on any atom is -0.464 e. The number of carbonyl (C=O) groups excluding carboxylic acids is 1. The number of ether oxygens (including phenoxy) is 2. The summed E-state index contributed by atoms with van der Waals surface area (Å²) in [6, 6.07) is -0.659. The highest BCUT2D eigenvalue weighted by molar-refractivity contribution is 5.75. The van der Waals surface area contributed by atoms with Crippen molar-refractivity contribution < 1.29 is 14.3 Å². The van der Waals surface area contributed by atoms with Crippen molar-refractivity contribution in [2.75, 3.05) is 20.3 Å². The molecule has 4 nitrogen and oxygen atoms in total. The Hall–Kier alpha value is -0.610. The van der Waals surface area contributed by atoms with Gasteiger partial charge in [0.1, 0.15) is 6.04 Å². The molecule has 0 heterocycles. The Labute approximate surface area is 73.0 Å². The van der Waals surface area contributed by atoms with E-state index in [0.29, 0.717) is 12.5 Å². The molecule has 1 unspecified atom stereocenters. The highest BCUT2D eigenvalue weighted by Gasteiger charge is 2.14. The predicted molar refractivity (Wildman–Crippen MR) is 45.6 cm³/mol. The van der Waals surface area contributed by atoms with Crippen molar-refractivity contribution in [3.63, 3.8) is 0 Å². The largest absolute Gasteiger partial charge is 0.464 e. The van der Waals surface area contributed by atoms with Gasteiger partial charge in [-0.1, -0.05) is 13.8 Å². The van der Waals surface area contributed by atoms with Crippen molar-refractivity contribution in [2.24, 2.45) is 11.7 Å². The smallest absolute Gasteiger partial charge is 0.325 e. The average Bonchev–Trinajstić information content (AvgIpc) is 2.00. The molecule has 0 bridgehead atoms. The van der Waals surface area contributed by atoms with Gasteiger partial charge in [0.15, 0.2) is 0 Å². The first-order valence-corrected chi connectivity index (χ1v) is 3.99. The van der Waals surface area contributed by atoms with Gasteiger partial charge in [0, 0.05) is 7.11 Å². The third-order valence-electron chi connectivity index (χ3n) is 1.21. The van der Waals surface area contributed by atoms with Crippen LogP contribution >= 0.6 is 0 Å². The third kappa shape index (κ3) is 5.09. The molecule has 12 heavy (non-hydrogen) atoms. The van der Waals surface area contributed by atoms with E-state index < -0.39 is 12.0 Å². The van der Waals surface area contributed by atoms with E-state index in [0.717, 1.165) is 0 Å². The summed E-state index contributed by atoms with van der Waals surface area (Å²) in [4.78, 5) is 11.0. The zero-order valence-corrected chi connectivity index (χ0v) is 7.87. The summed E-state index contributed by atoms with van der Waals surface area (Å²) in [5.74, 6) is -0.0609. The molecular weight excluding hydrogens is 158 g/mol. The lowest BCUT2D eigenvalue weighted by atomic mass is 10.2. The Morgan fingerprint density at radius 1 is 1.42 bits per heavy atom. The van der Waals surface area contributed by atoms with Crippen molar-refractivity contribution in [3.05, 3.63) is 0 Å². The molecule has 0 saturated carbocycles. The van der Waals surface area contributed by atoms with Gasteiger partial charge in [-0.05, 0) is 5.92 Å². The van der Waals surface area contributed by atoms with Gasteiger partial charge in [0.2, 0.25) is 0 Å². The Morgan fingerprint density at radius 3 is 2.42 bits per heavy atom. The van der Waals surface area contributed by atoms with Crippen LogP contribution in [-0.2, 0) is 14.3 Å². The second-order valence-corrected chi connectivity index (χ2v) is 3.09. The number of hydrogen-bond donors (Lipinski definition) is 1. The van der Waals surface area contributed by atoms with E-state index in [9.17, 15) is 4.79 Å². The highest BCUT2D eigenvalue weighted by atomic mass is 16.5. The Morgan fingerprint density at radius 2 is 2.00 bits per heavy atom. The van der Waals surface area contributed by atoms with Gasteiger partial charge in [-0.25, -0.2) is 0 Å². The molecule has 0 aliphatic heterocycles. The van der Waals surface area contributed by atoms with E-state index in [4.69, 9.17) is 15.2 Å². The maximum absolute atomic E-state index is 11.0. The van der Waals surface area contributed by atoms with Gasteiger partial charge in [0.05, 0.1) is 13.2 Å². The zero-order valence-electron chi connectivity index (χ0n) is 7.87. The summed E-state index contributed by atoms with van der Waals surface area (Å²) in [7, 11) is 1.50. The van der Waals surface area contributed by atoms with Crippen LogP contribution in [0.4, 0.5) is 0 Å². The van der Waals surface area contributed by atoms with E-state index in [2.05, 4.69) is 0 Å². The van der Waals surface area contributed by atoms with Crippen LogP contribution in [-0.4, -0.2) is 32.3 Å².